The molecule has 0 aliphatic carbocycles. The van der Waals surface area contributed by atoms with Crippen LogP contribution in [0, 0.1) is 0 Å². The Balaban J connectivity index is 1.44. The molecule has 2 saturated heterocycles. The number of sulfonamides is 1. The second-order valence-corrected chi connectivity index (χ2v) is 11.1. The van der Waals surface area contributed by atoms with E-state index in [1.165, 1.54) is 0 Å². The molecule has 1 unspecified atom stereocenters. The molecule has 0 aromatic heterocycles. The molecule has 1 amide bonds. The number of para-hydroxylation sites is 1. The van der Waals surface area contributed by atoms with Gasteiger partial charge in [-0.15, -0.1) is 0 Å². The summed E-state index contributed by atoms with van der Waals surface area (Å²) in [4.78, 5) is 13.2. The van der Waals surface area contributed by atoms with E-state index in [0.29, 0.717) is 32.5 Å². The van der Waals surface area contributed by atoms with Crippen LogP contribution in [0.2, 0.25) is 0 Å². The second kappa shape index (κ2) is 10.9. The van der Waals surface area contributed by atoms with Crippen molar-refractivity contribution in [2.24, 2.45) is 0 Å². The first-order valence-electron chi connectivity index (χ1n) is 12.1. The highest BCUT2D eigenvalue weighted by atomic mass is 32.2. The van der Waals surface area contributed by atoms with E-state index in [0.717, 1.165) is 48.1 Å². The van der Waals surface area contributed by atoms with Gasteiger partial charge in [-0.3, -0.25) is 4.79 Å². The lowest BCUT2D eigenvalue weighted by Gasteiger charge is -2.28. The van der Waals surface area contributed by atoms with Crippen molar-refractivity contribution in [2.75, 3.05) is 39.1 Å². The van der Waals surface area contributed by atoms with Gasteiger partial charge in [0.1, 0.15) is 5.75 Å². The summed E-state index contributed by atoms with van der Waals surface area (Å²) in [6.07, 6.45) is 4.71. The molecule has 0 saturated carbocycles. The number of piperidine rings is 1. The van der Waals surface area contributed by atoms with Gasteiger partial charge in [-0.25, -0.2) is 12.7 Å². The largest absolute Gasteiger partial charge is 0.496 e. The van der Waals surface area contributed by atoms with E-state index in [-0.39, 0.29) is 18.2 Å². The zero-order chi connectivity index (χ0) is 24.0. The van der Waals surface area contributed by atoms with Gasteiger partial charge in [0, 0.05) is 38.2 Å². The average Bonchev–Trinajstić information content (AvgIpc) is 3.34. The fourth-order valence-electron chi connectivity index (χ4n) is 4.88. The normalized spacial score (nSPS) is 21.3. The Bertz CT molecular complexity index is 1090. The van der Waals surface area contributed by atoms with Crippen LogP contribution in [-0.4, -0.2) is 63.3 Å². The molecule has 2 aliphatic rings. The number of rotatable bonds is 9. The van der Waals surface area contributed by atoms with Crippen LogP contribution in [0.1, 0.15) is 37.7 Å². The van der Waals surface area contributed by atoms with Gasteiger partial charge in [-0.2, -0.15) is 0 Å². The third-order valence-corrected chi connectivity index (χ3v) is 8.58. The third kappa shape index (κ3) is 5.62. The van der Waals surface area contributed by atoms with E-state index in [1.54, 1.807) is 11.4 Å². The molecule has 0 spiro atoms. The number of methoxy groups -OCH3 is 1. The van der Waals surface area contributed by atoms with Crippen molar-refractivity contribution >= 4 is 15.9 Å². The van der Waals surface area contributed by atoms with Gasteiger partial charge in [0.05, 0.1) is 12.9 Å². The SMILES string of the molecule is COc1ccccc1-c1cccc(CC2(C(=O)NCCS(=O)(=O)N3CCCCC3)CCCO2)c1. The number of carbonyl (C=O) groups excluding carboxylic acids is 1. The van der Waals surface area contributed by atoms with Crippen molar-refractivity contribution in [1.82, 2.24) is 9.62 Å². The first-order chi connectivity index (χ1) is 16.4. The number of benzene rings is 2. The van der Waals surface area contributed by atoms with Gasteiger partial charge in [0.25, 0.3) is 5.91 Å². The van der Waals surface area contributed by atoms with E-state index in [4.69, 9.17) is 9.47 Å². The number of carbonyl (C=O) groups is 1. The summed E-state index contributed by atoms with van der Waals surface area (Å²) >= 11 is 0. The molecule has 2 aromatic rings. The molecule has 2 aliphatic heterocycles. The highest BCUT2D eigenvalue weighted by molar-refractivity contribution is 7.89. The lowest BCUT2D eigenvalue weighted by Crippen LogP contribution is -2.49. The Morgan fingerprint density at radius 2 is 1.88 bits per heavy atom. The quantitative estimate of drug-likeness (QED) is 0.587. The summed E-state index contributed by atoms with van der Waals surface area (Å²) in [5.41, 5.74) is 2.01. The predicted molar refractivity (Wildman–Crippen MR) is 132 cm³/mol. The lowest BCUT2D eigenvalue weighted by molar-refractivity contribution is -0.141. The molecule has 184 valence electrons. The molecular weight excluding hydrogens is 452 g/mol. The Kier molecular flexibility index (Phi) is 7.91. The van der Waals surface area contributed by atoms with Gasteiger partial charge < -0.3 is 14.8 Å². The number of ether oxygens (including phenoxy) is 2. The summed E-state index contributed by atoms with van der Waals surface area (Å²) in [7, 11) is -1.71. The highest BCUT2D eigenvalue weighted by Gasteiger charge is 2.42. The molecule has 0 radical (unpaired) electrons. The molecular formula is C26H34N2O5S. The first kappa shape index (κ1) is 24.7. The van der Waals surface area contributed by atoms with Crippen LogP contribution in [-0.2, 0) is 26.0 Å². The molecule has 8 heteroatoms. The maximum Gasteiger partial charge on any atom is 0.252 e. The van der Waals surface area contributed by atoms with Crippen molar-refractivity contribution in [1.29, 1.82) is 0 Å². The van der Waals surface area contributed by atoms with E-state index >= 15 is 0 Å². The predicted octanol–water partition coefficient (Wildman–Crippen LogP) is 3.39. The zero-order valence-electron chi connectivity index (χ0n) is 19.8. The number of hydrogen-bond donors (Lipinski definition) is 1. The number of hydrogen-bond acceptors (Lipinski definition) is 5. The van der Waals surface area contributed by atoms with Crippen LogP contribution < -0.4 is 10.1 Å². The van der Waals surface area contributed by atoms with Gasteiger partial charge in [-0.05, 0) is 42.9 Å². The number of nitrogens with zero attached hydrogens (tertiary/aromatic N) is 1. The molecule has 1 atom stereocenters. The van der Waals surface area contributed by atoms with E-state index in [1.807, 2.05) is 42.5 Å². The van der Waals surface area contributed by atoms with Gasteiger partial charge >= 0.3 is 0 Å². The van der Waals surface area contributed by atoms with E-state index < -0.39 is 15.6 Å². The zero-order valence-corrected chi connectivity index (χ0v) is 20.6. The van der Waals surface area contributed by atoms with Gasteiger partial charge in [0.2, 0.25) is 10.0 Å². The summed E-state index contributed by atoms with van der Waals surface area (Å²) in [5, 5.41) is 2.86. The van der Waals surface area contributed by atoms with Crippen LogP contribution >= 0.6 is 0 Å². The molecule has 2 fully saturated rings. The Morgan fingerprint density at radius 3 is 2.62 bits per heavy atom. The topological polar surface area (TPSA) is 84.9 Å². The average molecular weight is 487 g/mol. The van der Waals surface area contributed by atoms with Crippen LogP contribution in [0.3, 0.4) is 0 Å². The van der Waals surface area contributed by atoms with Crippen molar-refractivity contribution in [3.8, 4) is 16.9 Å². The maximum absolute atomic E-state index is 13.2. The summed E-state index contributed by atoms with van der Waals surface area (Å²) in [6, 6.07) is 15.9. The number of nitrogens with one attached hydrogen (secondary N) is 1. The van der Waals surface area contributed by atoms with E-state index in [2.05, 4.69) is 11.4 Å². The van der Waals surface area contributed by atoms with E-state index in [9.17, 15) is 13.2 Å². The van der Waals surface area contributed by atoms with Crippen molar-refractivity contribution < 1.29 is 22.7 Å². The minimum Gasteiger partial charge on any atom is -0.496 e. The third-order valence-electron chi connectivity index (χ3n) is 6.71. The number of amides is 1. The van der Waals surface area contributed by atoms with Crippen molar-refractivity contribution in [3.05, 3.63) is 54.1 Å². The Hall–Kier alpha value is -2.42. The van der Waals surface area contributed by atoms with Crippen molar-refractivity contribution in [2.45, 2.75) is 44.1 Å². The molecule has 4 rings (SSSR count). The fraction of sp³-hybridized carbons (Fsp3) is 0.500. The Morgan fingerprint density at radius 1 is 1.09 bits per heavy atom. The van der Waals surface area contributed by atoms with Gasteiger partial charge in [0.15, 0.2) is 5.60 Å². The molecule has 2 heterocycles. The maximum atomic E-state index is 13.2. The molecule has 0 bridgehead atoms. The lowest BCUT2D eigenvalue weighted by atomic mass is 9.89. The molecule has 1 N–H and O–H groups in total. The monoisotopic (exact) mass is 486 g/mol. The summed E-state index contributed by atoms with van der Waals surface area (Å²) < 4.78 is 38.3. The summed E-state index contributed by atoms with van der Waals surface area (Å²) in [5.74, 6) is 0.471. The smallest absolute Gasteiger partial charge is 0.252 e. The van der Waals surface area contributed by atoms with Crippen LogP contribution in [0.15, 0.2) is 48.5 Å². The Labute approximate surface area is 202 Å². The minimum atomic E-state index is -3.36. The van der Waals surface area contributed by atoms with Crippen molar-refractivity contribution in [3.63, 3.8) is 0 Å². The summed E-state index contributed by atoms with van der Waals surface area (Å²) in [6.45, 7) is 1.76. The minimum absolute atomic E-state index is 0.0852. The standard InChI is InChI=1S/C26H34N2O5S/c1-32-24-12-4-3-11-23(24)22-10-7-9-21(19-22)20-26(13-8-17-33-26)25(29)27-14-18-34(30,31)28-15-5-2-6-16-28/h3-4,7,9-12,19H,2,5-6,8,13-18,20H2,1H3,(H,27,29). The molecule has 2 aromatic carbocycles. The molecule has 34 heavy (non-hydrogen) atoms. The van der Waals surface area contributed by atoms with Crippen LogP contribution in [0.25, 0.3) is 11.1 Å². The second-order valence-electron chi connectivity index (χ2n) is 9.06. The highest BCUT2D eigenvalue weighted by Crippen LogP contribution is 2.33. The van der Waals surface area contributed by atoms with Crippen LogP contribution in [0.5, 0.6) is 5.75 Å². The molecule has 7 nitrogen and oxygen atoms in total. The fourth-order valence-corrected chi connectivity index (χ4v) is 6.32. The first-order valence-corrected chi connectivity index (χ1v) is 13.7. The van der Waals surface area contributed by atoms with Crippen LogP contribution in [0.4, 0.5) is 0 Å². The van der Waals surface area contributed by atoms with Gasteiger partial charge in [-0.1, -0.05) is 48.9 Å².